The number of benzene rings is 1. The first-order valence-electron chi connectivity index (χ1n) is 9.21. The second-order valence-corrected chi connectivity index (χ2v) is 6.53. The van der Waals surface area contributed by atoms with Crippen molar-refractivity contribution in [3.8, 4) is 11.5 Å². The van der Waals surface area contributed by atoms with Gasteiger partial charge in [0.15, 0.2) is 11.5 Å². The fourth-order valence-electron chi connectivity index (χ4n) is 3.03. The highest BCUT2D eigenvalue weighted by Crippen LogP contribution is 2.32. The smallest absolute Gasteiger partial charge is 0.161 e. The second-order valence-electron chi connectivity index (χ2n) is 6.53. The molecule has 0 aliphatic carbocycles. The van der Waals surface area contributed by atoms with Crippen LogP contribution in [-0.4, -0.2) is 30.6 Å². The van der Waals surface area contributed by atoms with E-state index in [9.17, 15) is 0 Å². The molecular formula is C22H25N5O2. The first kappa shape index (κ1) is 20.1. The Balaban J connectivity index is 1.92. The van der Waals surface area contributed by atoms with Crippen molar-refractivity contribution >= 4 is 17.0 Å². The molecule has 0 saturated carbocycles. The third-order valence-corrected chi connectivity index (χ3v) is 4.36. The van der Waals surface area contributed by atoms with Gasteiger partial charge in [0.05, 0.1) is 26.5 Å². The maximum Gasteiger partial charge on any atom is 0.161 e. The number of nitrogens with one attached hydrogen (secondary N) is 3. The molecular weight excluding hydrogens is 366 g/mol. The molecule has 1 aromatic heterocycles. The van der Waals surface area contributed by atoms with Gasteiger partial charge < -0.3 is 25.5 Å². The summed E-state index contributed by atoms with van der Waals surface area (Å²) in [5, 5.41) is 15.0. The van der Waals surface area contributed by atoms with Gasteiger partial charge >= 0.3 is 0 Å². The van der Waals surface area contributed by atoms with Crippen molar-refractivity contribution in [2.75, 3.05) is 14.2 Å². The van der Waals surface area contributed by atoms with Gasteiger partial charge in [0.1, 0.15) is 11.6 Å². The van der Waals surface area contributed by atoms with E-state index >= 15 is 0 Å². The fourth-order valence-corrected chi connectivity index (χ4v) is 3.03. The second kappa shape index (κ2) is 9.05. The van der Waals surface area contributed by atoms with E-state index in [1.165, 1.54) is 0 Å². The van der Waals surface area contributed by atoms with Crippen LogP contribution >= 0.6 is 0 Å². The van der Waals surface area contributed by atoms with Gasteiger partial charge in [-0.1, -0.05) is 12.1 Å². The average molecular weight is 391 g/mol. The molecule has 7 nitrogen and oxygen atoms in total. The van der Waals surface area contributed by atoms with Gasteiger partial charge in [0, 0.05) is 23.2 Å². The Labute approximate surface area is 170 Å². The molecule has 3 N–H and O–H groups in total. The highest BCUT2D eigenvalue weighted by atomic mass is 16.5. The SMILES string of the molecule is COc1ccc(/C(C(C)=N)=C2\N=C(C)C=C(NCc3ccccn3)N2)cc1OC. The Hall–Kier alpha value is -3.61. The van der Waals surface area contributed by atoms with Crippen molar-refractivity contribution in [2.24, 2.45) is 4.99 Å². The topological polar surface area (TPSA) is 91.6 Å². The van der Waals surface area contributed by atoms with Gasteiger partial charge in [0.25, 0.3) is 0 Å². The van der Waals surface area contributed by atoms with Crippen LogP contribution in [0.5, 0.6) is 11.5 Å². The van der Waals surface area contributed by atoms with Crippen LogP contribution in [0.25, 0.3) is 5.57 Å². The molecule has 0 atom stereocenters. The summed E-state index contributed by atoms with van der Waals surface area (Å²) >= 11 is 0. The van der Waals surface area contributed by atoms with Crippen molar-refractivity contribution < 1.29 is 9.47 Å². The molecule has 3 rings (SSSR count). The van der Waals surface area contributed by atoms with Crippen molar-refractivity contribution in [1.82, 2.24) is 15.6 Å². The van der Waals surface area contributed by atoms with Crippen molar-refractivity contribution in [2.45, 2.75) is 20.4 Å². The number of aromatic nitrogens is 1. The molecule has 2 heterocycles. The minimum atomic E-state index is 0.391. The van der Waals surface area contributed by atoms with Crippen molar-refractivity contribution in [1.29, 1.82) is 5.41 Å². The first-order valence-corrected chi connectivity index (χ1v) is 9.21. The summed E-state index contributed by atoms with van der Waals surface area (Å²) in [5.74, 6) is 2.65. The van der Waals surface area contributed by atoms with Gasteiger partial charge in [-0.25, -0.2) is 4.99 Å². The predicted molar refractivity (Wildman–Crippen MR) is 115 cm³/mol. The summed E-state index contributed by atoms with van der Waals surface area (Å²) in [6.45, 7) is 4.25. The van der Waals surface area contributed by atoms with Crippen LogP contribution in [-0.2, 0) is 6.54 Å². The Bertz CT molecular complexity index is 994. The number of pyridine rings is 1. The standard InChI is InChI=1S/C22H25N5O2/c1-14-11-20(25-13-17-7-5-6-10-24-17)27-22(26-14)21(15(2)23)16-8-9-18(28-3)19(12-16)29-4/h5-12,23,25,27H,13H2,1-4H3/b22-21+,23-15?. The summed E-state index contributed by atoms with van der Waals surface area (Å²) in [5.41, 5.74) is 3.67. The summed E-state index contributed by atoms with van der Waals surface area (Å²) < 4.78 is 10.7. The molecule has 2 aromatic rings. The Morgan fingerprint density at radius 1 is 1.14 bits per heavy atom. The van der Waals surface area contributed by atoms with Gasteiger partial charge in [-0.05, 0) is 49.8 Å². The average Bonchev–Trinajstić information content (AvgIpc) is 2.72. The zero-order valence-electron chi connectivity index (χ0n) is 17.0. The molecule has 150 valence electrons. The summed E-state index contributed by atoms with van der Waals surface area (Å²) in [6, 6.07) is 11.4. The number of nitrogens with zero attached hydrogens (tertiary/aromatic N) is 2. The van der Waals surface area contributed by atoms with E-state index in [1.807, 2.05) is 49.4 Å². The maximum atomic E-state index is 8.33. The van der Waals surface area contributed by atoms with E-state index in [0.29, 0.717) is 35.1 Å². The molecule has 29 heavy (non-hydrogen) atoms. The Kier molecular flexibility index (Phi) is 6.29. The van der Waals surface area contributed by atoms with E-state index in [0.717, 1.165) is 22.8 Å². The van der Waals surface area contributed by atoms with Gasteiger partial charge in [-0.15, -0.1) is 0 Å². The molecule has 7 heteroatoms. The molecule has 1 aliphatic rings. The fraction of sp³-hybridized carbons (Fsp3) is 0.227. The zero-order valence-corrected chi connectivity index (χ0v) is 17.0. The minimum absolute atomic E-state index is 0.391. The lowest BCUT2D eigenvalue weighted by Gasteiger charge is -2.21. The van der Waals surface area contributed by atoms with Gasteiger partial charge in [-0.3, -0.25) is 4.98 Å². The summed E-state index contributed by atoms with van der Waals surface area (Å²) in [6.07, 6.45) is 3.70. The number of allylic oxidation sites excluding steroid dienone is 2. The van der Waals surface area contributed by atoms with E-state index in [1.54, 1.807) is 27.3 Å². The first-order chi connectivity index (χ1) is 14.0. The molecule has 1 aromatic carbocycles. The lowest BCUT2D eigenvalue weighted by molar-refractivity contribution is 0.355. The number of rotatable bonds is 7. The van der Waals surface area contributed by atoms with Crippen LogP contribution < -0.4 is 20.1 Å². The molecule has 0 bridgehead atoms. The lowest BCUT2D eigenvalue weighted by atomic mass is 10.0. The molecule has 0 fully saturated rings. The van der Waals surface area contributed by atoms with Crippen LogP contribution in [0, 0.1) is 5.41 Å². The predicted octanol–water partition coefficient (Wildman–Crippen LogP) is 3.50. The third kappa shape index (κ3) is 4.82. The van der Waals surface area contributed by atoms with Crippen molar-refractivity contribution in [3.63, 3.8) is 0 Å². The van der Waals surface area contributed by atoms with E-state index in [4.69, 9.17) is 14.9 Å². The number of ether oxygens (including phenoxy) is 2. The molecule has 0 saturated heterocycles. The zero-order chi connectivity index (χ0) is 20.8. The highest BCUT2D eigenvalue weighted by Gasteiger charge is 2.18. The maximum absolute atomic E-state index is 8.33. The van der Waals surface area contributed by atoms with E-state index < -0.39 is 0 Å². The number of methoxy groups -OCH3 is 2. The molecule has 1 aliphatic heterocycles. The Morgan fingerprint density at radius 2 is 1.93 bits per heavy atom. The number of hydrogen-bond donors (Lipinski definition) is 3. The number of aliphatic imine (C=N–C) groups is 1. The van der Waals surface area contributed by atoms with Crippen LogP contribution in [0.4, 0.5) is 0 Å². The van der Waals surface area contributed by atoms with E-state index in [-0.39, 0.29) is 0 Å². The monoisotopic (exact) mass is 391 g/mol. The van der Waals surface area contributed by atoms with Crippen LogP contribution in [0.15, 0.2) is 65.3 Å². The third-order valence-electron chi connectivity index (χ3n) is 4.36. The molecule has 0 spiro atoms. The largest absolute Gasteiger partial charge is 0.493 e. The van der Waals surface area contributed by atoms with Gasteiger partial charge in [-0.2, -0.15) is 0 Å². The van der Waals surface area contributed by atoms with Crippen LogP contribution in [0.3, 0.4) is 0 Å². The normalized spacial score (nSPS) is 14.9. The number of hydrogen-bond acceptors (Lipinski definition) is 7. The molecule has 0 radical (unpaired) electrons. The Morgan fingerprint density at radius 3 is 2.59 bits per heavy atom. The molecule has 0 unspecified atom stereocenters. The van der Waals surface area contributed by atoms with E-state index in [2.05, 4.69) is 20.6 Å². The lowest BCUT2D eigenvalue weighted by Crippen LogP contribution is -2.30. The molecule has 0 amide bonds. The van der Waals surface area contributed by atoms with Crippen LogP contribution in [0.1, 0.15) is 25.1 Å². The summed E-state index contributed by atoms with van der Waals surface area (Å²) in [4.78, 5) is 8.95. The quantitative estimate of drug-likeness (QED) is 0.629. The van der Waals surface area contributed by atoms with Crippen molar-refractivity contribution in [3.05, 3.63) is 71.6 Å². The summed E-state index contributed by atoms with van der Waals surface area (Å²) in [7, 11) is 3.19. The van der Waals surface area contributed by atoms with Gasteiger partial charge in [0.2, 0.25) is 0 Å². The highest BCUT2D eigenvalue weighted by molar-refractivity contribution is 6.22. The minimum Gasteiger partial charge on any atom is -0.493 e. The van der Waals surface area contributed by atoms with Crippen LogP contribution in [0.2, 0.25) is 0 Å².